The predicted molar refractivity (Wildman–Crippen MR) is 64.8 cm³/mol. The summed E-state index contributed by atoms with van der Waals surface area (Å²) in [6.07, 6.45) is 0. The summed E-state index contributed by atoms with van der Waals surface area (Å²) in [6, 6.07) is 9.10. The molecule has 16 heavy (non-hydrogen) atoms. The van der Waals surface area contributed by atoms with Gasteiger partial charge in [0.15, 0.2) is 0 Å². The minimum absolute atomic E-state index is 0.123. The first-order valence-corrected chi connectivity index (χ1v) is 5.24. The molecule has 0 N–H and O–H groups in total. The Morgan fingerprint density at radius 1 is 1.25 bits per heavy atom. The molecular formula is C12H11ClN2O. The van der Waals surface area contributed by atoms with Crippen molar-refractivity contribution in [3.8, 4) is 0 Å². The molecule has 0 radical (unpaired) electrons. The van der Waals surface area contributed by atoms with Crippen LogP contribution in [-0.4, -0.2) is 29.9 Å². The molecule has 82 valence electrons. The third-order valence-electron chi connectivity index (χ3n) is 2.30. The minimum Gasteiger partial charge on any atom is -0.343 e. The zero-order chi connectivity index (χ0) is 11.7. The molecule has 0 bridgehead atoms. The molecule has 1 amide bonds. The van der Waals surface area contributed by atoms with Crippen LogP contribution in [-0.2, 0) is 0 Å². The lowest BCUT2D eigenvalue weighted by Crippen LogP contribution is -2.22. The van der Waals surface area contributed by atoms with Gasteiger partial charge in [0.1, 0.15) is 5.69 Å². The Kier molecular flexibility index (Phi) is 2.79. The van der Waals surface area contributed by atoms with E-state index in [4.69, 9.17) is 11.6 Å². The SMILES string of the molecule is CN(C)C(=O)c1ccc2cccc(Cl)c2n1. The monoisotopic (exact) mass is 234 g/mol. The van der Waals surface area contributed by atoms with Gasteiger partial charge in [-0.3, -0.25) is 4.79 Å². The van der Waals surface area contributed by atoms with Gasteiger partial charge in [-0.15, -0.1) is 0 Å². The summed E-state index contributed by atoms with van der Waals surface area (Å²) in [5.41, 5.74) is 1.07. The van der Waals surface area contributed by atoms with Crippen LogP contribution in [0.25, 0.3) is 10.9 Å². The van der Waals surface area contributed by atoms with Gasteiger partial charge in [-0.05, 0) is 12.1 Å². The molecule has 0 aliphatic carbocycles. The number of pyridine rings is 1. The van der Waals surface area contributed by atoms with Crippen molar-refractivity contribution in [2.24, 2.45) is 0 Å². The molecule has 3 nitrogen and oxygen atoms in total. The Labute approximate surface area is 98.7 Å². The third kappa shape index (κ3) is 1.86. The summed E-state index contributed by atoms with van der Waals surface area (Å²) in [5.74, 6) is -0.123. The molecule has 0 spiro atoms. The standard InChI is InChI=1S/C12H11ClN2O/c1-15(2)12(16)10-7-6-8-4-3-5-9(13)11(8)14-10/h3-7H,1-2H3. The van der Waals surface area contributed by atoms with Gasteiger partial charge in [0.25, 0.3) is 5.91 Å². The Bertz CT molecular complexity index is 552. The smallest absolute Gasteiger partial charge is 0.271 e. The number of benzene rings is 1. The number of halogens is 1. The quantitative estimate of drug-likeness (QED) is 0.760. The maximum atomic E-state index is 11.7. The summed E-state index contributed by atoms with van der Waals surface area (Å²) in [6.45, 7) is 0. The molecule has 0 saturated heterocycles. The zero-order valence-corrected chi connectivity index (χ0v) is 9.82. The maximum Gasteiger partial charge on any atom is 0.271 e. The second kappa shape index (κ2) is 4.10. The van der Waals surface area contributed by atoms with Gasteiger partial charge < -0.3 is 4.90 Å². The number of amides is 1. The topological polar surface area (TPSA) is 33.2 Å². The maximum absolute atomic E-state index is 11.7. The fourth-order valence-electron chi connectivity index (χ4n) is 1.46. The van der Waals surface area contributed by atoms with E-state index in [0.717, 1.165) is 5.39 Å². The van der Waals surface area contributed by atoms with Crippen molar-refractivity contribution in [3.63, 3.8) is 0 Å². The van der Waals surface area contributed by atoms with Crippen LogP contribution in [0.2, 0.25) is 5.02 Å². The van der Waals surface area contributed by atoms with Crippen LogP contribution in [0, 0.1) is 0 Å². The van der Waals surface area contributed by atoms with Crippen molar-refractivity contribution in [2.45, 2.75) is 0 Å². The number of carbonyl (C=O) groups is 1. The van der Waals surface area contributed by atoms with Crippen molar-refractivity contribution >= 4 is 28.4 Å². The first kappa shape index (κ1) is 10.9. The molecule has 1 aromatic carbocycles. The summed E-state index contributed by atoms with van der Waals surface area (Å²) < 4.78 is 0. The molecule has 0 atom stereocenters. The fraction of sp³-hybridized carbons (Fsp3) is 0.167. The lowest BCUT2D eigenvalue weighted by Gasteiger charge is -2.10. The van der Waals surface area contributed by atoms with E-state index in [-0.39, 0.29) is 5.91 Å². The average molecular weight is 235 g/mol. The third-order valence-corrected chi connectivity index (χ3v) is 2.60. The molecule has 0 aliphatic rings. The minimum atomic E-state index is -0.123. The van der Waals surface area contributed by atoms with E-state index in [0.29, 0.717) is 16.2 Å². The molecule has 2 rings (SSSR count). The van der Waals surface area contributed by atoms with Crippen LogP contribution < -0.4 is 0 Å². The van der Waals surface area contributed by atoms with Gasteiger partial charge in [0.05, 0.1) is 10.5 Å². The second-order valence-corrected chi connectivity index (χ2v) is 4.11. The summed E-state index contributed by atoms with van der Waals surface area (Å²) in [7, 11) is 3.39. The van der Waals surface area contributed by atoms with Crippen LogP contribution in [0.4, 0.5) is 0 Å². The number of carbonyl (C=O) groups excluding carboxylic acids is 1. The summed E-state index contributed by atoms with van der Waals surface area (Å²) in [4.78, 5) is 17.5. The molecule has 4 heteroatoms. The van der Waals surface area contributed by atoms with Crippen LogP contribution >= 0.6 is 11.6 Å². The van der Waals surface area contributed by atoms with Gasteiger partial charge in [0.2, 0.25) is 0 Å². The van der Waals surface area contributed by atoms with E-state index < -0.39 is 0 Å². The summed E-state index contributed by atoms with van der Waals surface area (Å²) >= 11 is 6.03. The Hall–Kier alpha value is -1.61. The molecular weight excluding hydrogens is 224 g/mol. The number of fused-ring (bicyclic) bond motifs is 1. The van der Waals surface area contributed by atoms with Crippen LogP contribution in [0.3, 0.4) is 0 Å². The molecule has 2 aromatic rings. The second-order valence-electron chi connectivity index (χ2n) is 3.71. The van der Waals surface area contributed by atoms with Crippen LogP contribution in [0.5, 0.6) is 0 Å². The highest BCUT2D eigenvalue weighted by Crippen LogP contribution is 2.21. The number of hydrogen-bond acceptors (Lipinski definition) is 2. The van der Waals surface area contributed by atoms with E-state index in [1.54, 1.807) is 26.2 Å². The highest BCUT2D eigenvalue weighted by molar-refractivity contribution is 6.35. The lowest BCUT2D eigenvalue weighted by atomic mass is 10.2. The van der Waals surface area contributed by atoms with Crippen molar-refractivity contribution in [1.82, 2.24) is 9.88 Å². The normalized spacial score (nSPS) is 10.4. The number of nitrogens with zero attached hydrogens (tertiary/aromatic N) is 2. The molecule has 0 fully saturated rings. The number of rotatable bonds is 1. The Morgan fingerprint density at radius 2 is 2.00 bits per heavy atom. The first-order valence-electron chi connectivity index (χ1n) is 4.86. The van der Waals surface area contributed by atoms with Gasteiger partial charge >= 0.3 is 0 Å². The molecule has 1 aromatic heterocycles. The van der Waals surface area contributed by atoms with E-state index in [1.807, 2.05) is 18.2 Å². The number of para-hydroxylation sites is 1. The highest BCUT2D eigenvalue weighted by atomic mass is 35.5. The van der Waals surface area contributed by atoms with E-state index in [1.165, 1.54) is 4.90 Å². The van der Waals surface area contributed by atoms with Crippen LogP contribution in [0.15, 0.2) is 30.3 Å². The van der Waals surface area contributed by atoms with E-state index >= 15 is 0 Å². The molecule has 0 unspecified atom stereocenters. The number of aromatic nitrogens is 1. The van der Waals surface area contributed by atoms with Crippen molar-refractivity contribution in [2.75, 3.05) is 14.1 Å². The van der Waals surface area contributed by atoms with E-state index in [9.17, 15) is 4.79 Å². The molecule has 1 heterocycles. The van der Waals surface area contributed by atoms with Crippen molar-refractivity contribution in [1.29, 1.82) is 0 Å². The average Bonchev–Trinajstić information content (AvgIpc) is 2.28. The zero-order valence-electron chi connectivity index (χ0n) is 9.07. The van der Waals surface area contributed by atoms with Crippen molar-refractivity contribution < 1.29 is 4.79 Å². The van der Waals surface area contributed by atoms with Gasteiger partial charge in [-0.25, -0.2) is 4.98 Å². The Balaban J connectivity index is 2.59. The largest absolute Gasteiger partial charge is 0.343 e. The fourth-order valence-corrected chi connectivity index (χ4v) is 1.68. The molecule has 0 saturated carbocycles. The lowest BCUT2D eigenvalue weighted by molar-refractivity contribution is 0.0822. The van der Waals surface area contributed by atoms with Crippen molar-refractivity contribution in [3.05, 3.63) is 41.0 Å². The van der Waals surface area contributed by atoms with E-state index in [2.05, 4.69) is 4.98 Å². The van der Waals surface area contributed by atoms with Gasteiger partial charge in [0, 0.05) is 19.5 Å². The summed E-state index contributed by atoms with van der Waals surface area (Å²) in [5, 5.41) is 1.49. The predicted octanol–water partition coefficient (Wildman–Crippen LogP) is 2.59. The Morgan fingerprint density at radius 3 is 2.69 bits per heavy atom. The van der Waals surface area contributed by atoms with Crippen LogP contribution in [0.1, 0.15) is 10.5 Å². The first-order chi connectivity index (χ1) is 7.59. The molecule has 0 aliphatic heterocycles. The number of hydrogen-bond donors (Lipinski definition) is 0. The van der Waals surface area contributed by atoms with Gasteiger partial charge in [-0.2, -0.15) is 0 Å². The van der Waals surface area contributed by atoms with Gasteiger partial charge in [-0.1, -0.05) is 29.8 Å². The highest BCUT2D eigenvalue weighted by Gasteiger charge is 2.10.